The molecule has 0 spiro atoms. The predicted octanol–water partition coefficient (Wildman–Crippen LogP) is 2.48. The van der Waals surface area contributed by atoms with Gasteiger partial charge in [0.05, 0.1) is 17.5 Å². The Bertz CT molecular complexity index is 563. The topological polar surface area (TPSA) is 84.5 Å². The molecular weight excluding hydrogens is 364 g/mol. The van der Waals surface area contributed by atoms with Crippen LogP contribution in [0.25, 0.3) is 0 Å². The summed E-state index contributed by atoms with van der Waals surface area (Å²) in [7, 11) is 1.30. The van der Waals surface area contributed by atoms with Crippen LogP contribution in [0.4, 0.5) is 5.69 Å². The molecule has 7 heteroatoms. The van der Waals surface area contributed by atoms with E-state index in [4.69, 9.17) is 0 Å². The van der Waals surface area contributed by atoms with Gasteiger partial charge in [0, 0.05) is 18.7 Å². The first-order valence-electron chi connectivity index (χ1n) is 7.38. The number of anilines is 1. The monoisotopic (exact) mass is 384 g/mol. The minimum atomic E-state index is -0.465. The van der Waals surface area contributed by atoms with E-state index in [0.717, 1.165) is 12.8 Å². The van der Waals surface area contributed by atoms with E-state index >= 15 is 0 Å². The standard InChI is InChI=1S/C16H21BrN2O4/c1-3-5-13(17)15(21)18-9-8-14(20)19-12-7-4-6-11(10-12)16(22)23-2/h4,6-7,10,13H,3,5,8-9H2,1-2H3,(H,18,21)(H,19,20)/t13-/m1/s1. The number of alkyl halides is 1. The number of ether oxygens (including phenoxy) is 1. The molecule has 2 N–H and O–H groups in total. The highest BCUT2D eigenvalue weighted by Crippen LogP contribution is 2.12. The molecule has 1 aromatic rings. The molecule has 6 nitrogen and oxygen atoms in total. The molecule has 0 aliphatic heterocycles. The highest BCUT2D eigenvalue weighted by molar-refractivity contribution is 9.10. The molecule has 2 amide bonds. The molecule has 0 bridgehead atoms. The van der Waals surface area contributed by atoms with E-state index < -0.39 is 5.97 Å². The van der Waals surface area contributed by atoms with Gasteiger partial charge in [-0.25, -0.2) is 4.79 Å². The number of hydrogen-bond acceptors (Lipinski definition) is 4. The lowest BCUT2D eigenvalue weighted by Gasteiger charge is -2.10. The van der Waals surface area contributed by atoms with Crippen LogP contribution in [0.1, 0.15) is 36.5 Å². The molecule has 0 unspecified atom stereocenters. The third kappa shape index (κ3) is 6.81. The fraction of sp³-hybridized carbons (Fsp3) is 0.438. The van der Waals surface area contributed by atoms with E-state index in [-0.39, 0.29) is 29.6 Å². The maximum Gasteiger partial charge on any atom is 0.337 e. The van der Waals surface area contributed by atoms with Crippen LogP contribution in [-0.2, 0) is 14.3 Å². The number of esters is 1. The summed E-state index contributed by atoms with van der Waals surface area (Å²) in [6.45, 7) is 2.25. The number of halogens is 1. The Balaban J connectivity index is 2.42. The molecular formula is C16H21BrN2O4. The molecule has 0 saturated carbocycles. The number of carbonyl (C=O) groups is 3. The van der Waals surface area contributed by atoms with Crippen molar-refractivity contribution in [2.24, 2.45) is 0 Å². The molecule has 1 aromatic carbocycles. The summed E-state index contributed by atoms with van der Waals surface area (Å²) in [5, 5.41) is 5.38. The third-order valence-corrected chi connectivity index (χ3v) is 3.92. The molecule has 0 radical (unpaired) electrons. The molecule has 1 rings (SSSR count). The molecule has 126 valence electrons. The van der Waals surface area contributed by atoms with Crippen LogP contribution in [0.3, 0.4) is 0 Å². The van der Waals surface area contributed by atoms with Crippen molar-refractivity contribution in [3.05, 3.63) is 29.8 Å². The van der Waals surface area contributed by atoms with Crippen LogP contribution < -0.4 is 10.6 Å². The Morgan fingerprint density at radius 3 is 2.70 bits per heavy atom. The molecule has 0 aliphatic rings. The van der Waals surface area contributed by atoms with Crippen molar-refractivity contribution in [2.75, 3.05) is 19.0 Å². The van der Waals surface area contributed by atoms with E-state index in [9.17, 15) is 14.4 Å². The Morgan fingerprint density at radius 2 is 2.04 bits per heavy atom. The van der Waals surface area contributed by atoms with E-state index in [2.05, 4.69) is 31.3 Å². The van der Waals surface area contributed by atoms with Crippen molar-refractivity contribution in [1.82, 2.24) is 5.32 Å². The minimum Gasteiger partial charge on any atom is -0.465 e. The van der Waals surface area contributed by atoms with E-state index in [1.54, 1.807) is 18.2 Å². The smallest absolute Gasteiger partial charge is 0.337 e. The fourth-order valence-corrected chi connectivity index (χ4v) is 2.48. The van der Waals surface area contributed by atoms with Gasteiger partial charge in [0.15, 0.2) is 0 Å². The number of amides is 2. The largest absolute Gasteiger partial charge is 0.465 e. The first-order chi connectivity index (χ1) is 11.0. The first kappa shape index (κ1) is 19.2. The van der Waals surface area contributed by atoms with Crippen molar-refractivity contribution in [1.29, 1.82) is 0 Å². The van der Waals surface area contributed by atoms with Gasteiger partial charge in [-0.2, -0.15) is 0 Å². The Morgan fingerprint density at radius 1 is 1.30 bits per heavy atom. The average molecular weight is 385 g/mol. The number of methoxy groups -OCH3 is 1. The molecule has 0 aliphatic carbocycles. The lowest BCUT2D eigenvalue weighted by molar-refractivity contribution is -0.120. The summed E-state index contributed by atoms with van der Waals surface area (Å²) in [5.74, 6) is -0.825. The van der Waals surface area contributed by atoms with Crippen LogP contribution in [-0.4, -0.2) is 36.3 Å². The van der Waals surface area contributed by atoms with Gasteiger partial charge in [-0.05, 0) is 24.6 Å². The maximum atomic E-state index is 11.8. The van der Waals surface area contributed by atoms with Gasteiger partial charge in [-0.1, -0.05) is 35.3 Å². The van der Waals surface area contributed by atoms with E-state index in [0.29, 0.717) is 11.3 Å². The Hall–Kier alpha value is -1.89. The summed E-state index contributed by atoms with van der Waals surface area (Å²) < 4.78 is 4.63. The SMILES string of the molecule is CCC[C@@H](Br)C(=O)NCCC(=O)Nc1cccc(C(=O)OC)c1. The second kappa shape index (κ2) is 9.99. The lowest BCUT2D eigenvalue weighted by atomic mass is 10.2. The molecule has 1 atom stereocenters. The fourth-order valence-electron chi connectivity index (χ4n) is 1.86. The Labute approximate surface area is 144 Å². The highest BCUT2D eigenvalue weighted by Gasteiger charge is 2.13. The summed E-state index contributed by atoms with van der Waals surface area (Å²) in [4.78, 5) is 34.7. The molecule has 0 heterocycles. The van der Waals surface area contributed by atoms with Crippen molar-refractivity contribution >= 4 is 39.4 Å². The molecule has 0 saturated heterocycles. The number of rotatable bonds is 8. The van der Waals surface area contributed by atoms with E-state index in [1.165, 1.54) is 13.2 Å². The summed E-state index contributed by atoms with van der Waals surface area (Å²) in [6.07, 6.45) is 1.80. The van der Waals surface area contributed by atoms with Gasteiger partial charge in [-0.3, -0.25) is 9.59 Å². The minimum absolute atomic E-state index is 0.118. The average Bonchev–Trinajstić information content (AvgIpc) is 2.54. The van der Waals surface area contributed by atoms with Gasteiger partial charge >= 0.3 is 5.97 Å². The van der Waals surface area contributed by atoms with Crippen molar-refractivity contribution in [2.45, 2.75) is 31.0 Å². The van der Waals surface area contributed by atoms with Crippen LogP contribution in [0.2, 0.25) is 0 Å². The van der Waals surface area contributed by atoms with Gasteiger partial charge in [0.1, 0.15) is 0 Å². The van der Waals surface area contributed by atoms with Crippen LogP contribution in [0.15, 0.2) is 24.3 Å². The van der Waals surface area contributed by atoms with Crippen LogP contribution in [0.5, 0.6) is 0 Å². The number of hydrogen-bond donors (Lipinski definition) is 2. The first-order valence-corrected chi connectivity index (χ1v) is 8.29. The van der Waals surface area contributed by atoms with E-state index in [1.807, 2.05) is 6.92 Å². The van der Waals surface area contributed by atoms with Crippen molar-refractivity contribution < 1.29 is 19.1 Å². The summed E-state index contributed by atoms with van der Waals surface area (Å²) in [6, 6.07) is 6.48. The maximum absolute atomic E-state index is 11.8. The highest BCUT2D eigenvalue weighted by atomic mass is 79.9. The van der Waals surface area contributed by atoms with Gasteiger partial charge < -0.3 is 15.4 Å². The zero-order valence-corrected chi connectivity index (χ0v) is 14.8. The van der Waals surface area contributed by atoms with Crippen LogP contribution >= 0.6 is 15.9 Å². The molecule has 0 aromatic heterocycles. The zero-order chi connectivity index (χ0) is 17.2. The number of nitrogens with one attached hydrogen (secondary N) is 2. The predicted molar refractivity (Wildman–Crippen MR) is 91.7 cm³/mol. The molecule has 0 fully saturated rings. The quantitative estimate of drug-likeness (QED) is 0.532. The molecule has 23 heavy (non-hydrogen) atoms. The van der Waals surface area contributed by atoms with Crippen molar-refractivity contribution in [3.63, 3.8) is 0 Å². The van der Waals surface area contributed by atoms with Gasteiger partial charge in [-0.15, -0.1) is 0 Å². The third-order valence-electron chi connectivity index (χ3n) is 3.05. The van der Waals surface area contributed by atoms with Gasteiger partial charge in [0.2, 0.25) is 11.8 Å². The van der Waals surface area contributed by atoms with Gasteiger partial charge in [0.25, 0.3) is 0 Å². The lowest BCUT2D eigenvalue weighted by Crippen LogP contribution is -2.33. The Kier molecular flexibility index (Phi) is 8.32. The zero-order valence-electron chi connectivity index (χ0n) is 13.2. The van der Waals surface area contributed by atoms with Crippen molar-refractivity contribution in [3.8, 4) is 0 Å². The summed E-state index contributed by atoms with van der Waals surface area (Å²) >= 11 is 3.30. The second-order valence-electron chi connectivity index (χ2n) is 4.92. The number of benzene rings is 1. The number of carbonyl (C=O) groups excluding carboxylic acids is 3. The summed E-state index contributed by atoms with van der Waals surface area (Å²) in [5.41, 5.74) is 0.869. The van der Waals surface area contributed by atoms with Crippen LogP contribution in [0, 0.1) is 0 Å². The second-order valence-corrected chi connectivity index (χ2v) is 6.02. The normalized spacial score (nSPS) is 11.4.